The summed E-state index contributed by atoms with van der Waals surface area (Å²) in [5.74, 6) is 0. The third kappa shape index (κ3) is 2.42. The van der Waals surface area contributed by atoms with E-state index in [1.807, 2.05) is 0 Å². The lowest BCUT2D eigenvalue weighted by Crippen LogP contribution is -2.10. The normalized spacial score (nSPS) is 15.0. The second kappa shape index (κ2) is 3.08. The second-order valence-electron chi connectivity index (χ2n) is 2.26. The molecule has 0 N–H and O–H groups in total. The van der Waals surface area contributed by atoms with Crippen molar-refractivity contribution in [2.75, 3.05) is 0 Å². The molecule has 0 radical (unpaired) electrons. The van der Waals surface area contributed by atoms with Gasteiger partial charge >= 0.3 is 6.18 Å². The van der Waals surface area contributed by atoms with Crippen molar-refractivity contribution in [2.45, 2.75) is 33.4 Å². The van der Waals surface area contributed by atoms with Crippen LogP contribution in [0.3, 0.4) is 0 Å². The van der Waals surface area contributed by atoms with Gasteiger partial charge in [-0.25, -0.2) is 0 Å². The molecule has 0 saturated carbocycles. The van der Waals surface area contributed by atoms with Crippen LogP contribution in [0.15, 0.2) is 11.1 Å². The molecule has 0 fully saturated rings. The van der Waals surface area contributed by atoms with Gasteiger partial charge in [0.1, 0.15) is 0 Å². The maximum absolute atomic E-state index is 11.8. The van der Waals surface area contributed by atoms with Gasteiger partial charge in [-0.1, -0.05) is 12.5 Å². The van der Waals surface area contributed by atoms with Crippen LogP contribution in [0.25, 0.3) is 0 Å². The van der Waals surface area contributed by atoms with Crippen LogP contribution in [0.4, 0.5) is 13.2 Å². The van der Waals surface area contributed by atoms with E-state index in [2.05, 4.69) is 0 Å². The van der Waals surface area contributed by atoms with Crippen LogP contribution in [0.5, 0.6) is 0 Å². The van der Waals surface area contributed by atoms with Crippen LogP contribution in [0.1, 0.15) is 27.2 Å². The summed E-state index contributed by atoms with van der Waals surface area (Å²) in [7, 11) is 0. The van der Waals surface area contributed by atoms with Crippen LogP contribution in [-0.4, -0.2) is 6.18 Å². The van der Waals surface area contributed by atoms with Crippen molar-refractivity contribution in [3.05, 3.63) is 11.1 Å². The number of hydrogen-bond acceptors (Lipinski definition) is 0. The van der Waals surface area contributed by atoms with Crippen LogP contribution in [0, 0.1) is 0 Å². The van der Waals surface area contributed by atoms with Crippen molar-refractivity contribution in [2.24, 2.45) is 0 Å². The first-order valence-electron chi connectivity index (χ1n) is 3.13. The Kier molecular flexibility index (Phi) is 2.94. The Morgan fingerprint density at radius 1 is 1.20 bits per heavy atom. The first-order chi connectivity index (χ1) is 4.39. The van der Waals surface area contributed by atoms with E-state index in [0.717, 1.165) is 6.92 Å². The van der Waals surface area contributed by atoms with Crippen molar-refractivity contribution < 1.29 is 13.2 Å². The first kappa shape index (κ1) is 9.53. The second-order valence-corrected chi connectivity index (χ2v) is 2.26. The summed E-state index contributed by atoms with van der Waals surface area (Å²) in [4.78, 5) is 0. The highest BCUT2D eigenvalue weighted by atomic mass is 19.4. The molecule has 0 aliphatic carbocycles. The van der Waals surface area contributed by atoms with E-state index >= 15 is 0 Å². The smallest absolute Gasteiger partial charge is 0.166 e. The van der Waals surface area contributed by atoms with Crippen molar-refractivity contribution in [3.63, 3.8) is 0 Å². The molecule has 0 spiro atoms. The van der Waals surface area contributed by atoms with Crippen molar-refractivity contribution in [1.82, 2.24) is 0 Å². The molecule has 0 aromatic carbocycles. The molecule has 0 rings (SSSR count). The lowest BCUT2D eigenvalue weighted by Gasteiger charge is -2.09. The van der Waals surface area contributed by atoms with Crippen molar-refractivity contribution in [3.8, 4) is 0 Å². The largest absolute Gasteiger partial charge is 0.412 e. The molecule has 3 heteroatoms. The van der Waals surface area contributed by atoms with Crippen LogP contribution in [-0.2, 0) is 0 Å². The van der Waals surface area contributed by atoms with Gasteiger partial charge in [-0.3, -0.25) is 0 Å². The Morgan fingerprint density at radius 2 is 1.60 bits per heavy atom. The average Bonchev–Trinajstić information content (AvgIpc) is 1.83. The summed E-state index contributed by atoms with van der Waals surface area (Å²) in [6.45, 7) is 4.33. The Hall–Kier alpha value is -0.470. The topological polar surface area (TPSA) is 0 Å². The lowest BCUT2D eigenvalue weighted by atomic mass is 10.1. The third-order valence-electron chi connectivity index (χ3n) is 1.60. The van der Waals surface area contributed by atoms with Gasteiger partial charge in [0.2, 0.25) is 0 Å². The van der Waals surface area contributed by atoms with Crippen LogP contribution in [0.2, 0.25) is 0 Å². The van der Waals surface area contributed by atoms with Gasteiger partial charge in [-0.2, -0.15) is 13.2 Å². The minimum atomic E-state index is -4.14. The highest BCUT2D eigenvalue weighted by molar-refractivity contribution is 5.13. The molecule has 0 aliphatic rings. The van der Waals surface area contributed by atoms with Gasteiger partial charge in [0.25, 0.3) is 0 Å². The predicted molar refractivity (Wildman–Crippen MR) is 34.7 cm³/mol. The zero-order valence-electron chi connectivity index (χ0n) is 6.34. The summed E-state index contributed by atoms with van der Waals surface area (Å²) in [6.07, 6.45) is -3.68. The molecule has 0 aromatic rings. The van der Waals surface area contributed by atoms with E-state index in [-0.39, 0.29) is 0 Å². The van der Waals surface area contributed by atoms with E-state index in [0.29, 0.717) is 12.0 Å². The molecule has 0 aromatic heterocycles. The zero-order chi connectivity index (χ0) is 8.36. The van der Waals surface area contributed by atoms with E-state index < -0.39 is 11.7 Å². The van der Waals surface area contributed by atoms with Crippen molar-refractivity contribution in [1.29, 1.82) is 0 Å². The monoisotopic (exact) mass is 152 g/mol. The fourth-order valence-electron chi connectivity index (χ4n) is 0.507. The summed E-state index contributed by atoms with van der Waals surface area (Å²) in [5, 5.41) is 0. The summed E-state index contributed by atoms with van der Waals surface area (Å²) in [5.41, 5.74) is -0.0532. The van der Waals surface area contributed by atoms with Gasteiger partial charge in [0, 0.05) is 5.57 Å². The average molecular weight is 152 g/mol. The Balaban J connectivity index is 4.47. The molecule has 0 amide bonds. The minimum absolute atomic E-state index is 0.410. The molecule has 10 heavy (non-hydrogen) atoms. The zero-order valence-corrected chi connectivity index (χ0v) is 6.34. The molecule has 0 nitrogen and oxygen atoms in total. The van der Waals surface area contributed by atoms with Gasteiger partial charge in [0.05, 0.1) is 0 Å². The number of halogens is 3. The Labute approximate surface area is 58.7 Å². The summed E-state index contributed by atoms with van der Waals surface area (Å²) >= 11 is 0. The maximum atomic E-state index is 11.8. The predicted octanol–water partition coefficient (Wildman–Crippen LogP) is 3.30. The fraction of sp³-hybridized carbons (Fsp3) is 0.714. The molecule has 60 valence electrons. The van der Waals surface area contributed by atoms with E-state index in [1.165, 1.54) is 6.92 Å². The van der Waals surface area contributed by atoms with Crippen LogP contribution < -0.4 is 0 Å². The molecule has 0 aliphatic heterocycles. The highest BCUT2D eigenvalue weighted by Crippen LogP contribution is 2.28. The summed E-state index contributed by atoms with van der Waals surface area (Å²) < 4.78 is 35.5. The number of allylic oxidation sites excluding steroid dienone is 2. The van der Waals surface area contributed by atoms with Gasteiger partial charge in [-0.05, 0) is 20.3 Å². The molecule has 0 saturated heterocycles. The van der Waals surface area contributed by atoms with Crippen LogP contribution >= 0.6 is 0 Å². The lowest BCUT2D eigenvalue weighted by molar-refractivity contribution is -0.0922. The molecule has 0 unspecified atom stereocenters. The first-order valence-corrected chi connectivity index (χ1v) is 3.13. The van der Waals surface area contributed by atoms with E-state index in [1.54, 1.807) is 6.92 Å². The number of hydrogen-bond donors (Lipinski definition) is 0. The standard InChI is InChI=1S/C7H11F3/c1-4-5(2)6(3)7(8,9)10/h4H2,1-3H3/b6-5+. The van der Waals surface area contributed by atoms with Gasteiger partial charge in [-0.15, -0.1) is 0 Å². The SMILES string of the molecule is CC/C(C)=C(\C)C(F)(F)F. The molecular weight excluding hydrogens is 141 g/mol. The quantitative estimate of drug-likeness (QED) is 0.506. The molecule has 0 bridgehead atoms. The maximum Gasteiger partial charge on any atom is 0.412 e. The van der Waals surface area contributed by atoms with E-state index in [9.17, 15) is 13.2 Å². The van der Waals surface area contributed by atoms with Gasteiger partial charge in [0.15, 0.2) is 0 Å². The third-order valence-corrected chi connectivity index (χ3v) is 1.60. The fourth-order valence-corrected chi connectivity index (χ4v) is 0.507. The van der Waals surface area contributed by atoms with Gasteiger partial charge < -0.3 is 0 Å². The molecule has 0 atom stereocenters. The summed E-state index contributed by atoms with van der Waals surface area (Å²) in [6, 6.07) is 0. The Morgan fingerprint density at radius 3 is 1.70 bits per heavy atom. The molecular formula is C7H11F3. The van der Waals surface area contributed by atoms with E-state index in [4.69, 9.17) is 0 Å². The number of alkyl halides is 3. The minimum Gasteiger partial charge on any atom is -0.166 e. The molecule has 0 heterocycles. The highest BCUT2D eigenvalue weighted by Gasteiger charge is 2.30. The van der Waals surface area contributed by atoms with Crippen molar-refractivity contribution >= 4 is 0 Å². The Bertz CT molecular complexity index is 141. The number of rotatable bonds is 1.